The maximum Gasteiger partial charge on any atom is 0.241 e. The number of sulfone groups is 1. The molecule has 1 aromatic rings. The highest BCUT2D eigenvalue weighted by molar-refractivity contribution is 7.94. The van der Waals surface area contributed by atoms with Crippen LogP contribution >= 0.6 is 0 Å². The molecule has 2 rings (SSSR count). The van der Waals surface area contributed by atoms with Crippen molar-refractivity contribution in [3.8, 4) is 0 Å². The summed E-state index contributed by atoms with van der Waals surface area (Å²) < 4.78 is 49.2. The molecule has 0 saturated heterocycles. The molecule has 1 heterocycles. The van der Waals surface area contributed by atoms with Crippen LogP contribution in [-0.4, -0.2) is 34.5 Å². The van der Waals surface area contributed by atoms with Crippen molar-refractivity contribution >= 4 is 25.8 Å². The molecule has 0 spiro atoms. The van der Waals surface area contributed by atoms with Crippen LogP contribution in [0.2, 0.25) is 0 Å². The molecule has 1 aliphatic heterocycles. The van der Waals surface area contributed by atoms with Crippen molar-refractivity contribution in [1.29, 1.82) is 0 Å². The standard InChI is InChI=1S/C13H16N2O5S2/c1-10(16)14-8-11-2-4-13(5-3-11)22(19,20)15-12-6-7-21(17,18)9-12/h2-7,12,15H,8-9H2,1H3,(H,14,16)/t12-/m0/s1. The Morgan fingerprint density at radius 2 is 1.91 bits per heavy atom. The van der Waals surface area contributed by atoms with Crippen molar-refractivity contribution in [3.05, 3.63) is 41.3 Å². The van der Waals surface area contributed by atoms with Gasteiger partial charge in [-0.3, -0.25) is 4.79 Å². The third kappa shape index (κ3) is 4.39. The fourth-order valence-electron chi connectivity index (χ4n) is 1.93. The van der Waals surface area contributed by atoms with E-state index in [1.807, 2.05) is 0 Å². The molecule has 0 bridgehead atoms. The third-order valence-electron chi connectivity index (χ3n) is 3.01. The lowest BCUT2D eigenvalue weighted by atomic mass is 10.2. The summed E-state index contributed by atoms with van der Waals surface area (Å²) >= 11 is 0. The number of rotatable bonds is 5. The largest absolute Gasteiger partial charge is 0.352 e. The first-order valence-electron chi connectivity index (χ1n) is 6.45. The van der Waals surface area contributed by atoms with E-state index in [9.17, 15) is 21.6 Å². The van der Waals surface area contributed by atoms with Gasteiger partial charge < -0.3 is 5.32 Å². The van der Waals surface area contributed by atoms with Crippen molar-refractivity contribution in [2.45, 2.75) is 24.4 Å². The first kappa shape index (κ1) is 16.7. The van der Waals surface area contributed by atoms with Crippen LogP contribution in [0.25, 0.3) is 0 Å². The summed E-state index contributed by atoms with van der Waals surface area (Å²) in [6, 6.07) is 5.24. The summed E-state index contributed by atoms with van der Waals surface area (Å²) in [7, 11) is -7.11. The molecular weight excluding hydrogens is 328 g/mol. The van der Waals surface area contributed by atoms with E-state index in [-0.39, 0.29) is 16.6 Å². The summed E-state index contributed by atoms with van der Waals surface area (Å²) in [6.45, 7) is 1.71. The van der Waals surface area contributed by atoms with Gasteiger partial charge in [0.15, 0.2) is 9.84 Å². The lowest BCUT2D eigenvalue weighted by Gasteiger charge is -2.11. The molecule has 0 fully saturated rings. The molecule has 0 unspecified atom stereocenters. The van der Waals surface area contributed by atoms with Gasteiger partial charge in [0, 0.05) is 18.9 Å². The first-order valence-corrected chi connectivity index (χ1v) is 9.64. The SMILES string of the molecule is CC(=O)NCc1ccc(S(=O)(=O)N[C@H]2C=CS(=O)(=O)C2)cc1. The number of sulfonamides is 1. The Morgan fingerprint density at radius 3 is 2.41 bits per heavy atom. The third-order valence-corrected chi connectivity index (χ3v) is 5.91. The van der Waals surface area contributed by atoms with Gasteiger partial charge in [-0.25, -0.2) is 21.6 Å². The smallest absolute Gasteiger partial charge is 0.241 e. The monoisotopic (exact) mass is 344 g/mol. The molecular formula is C13H16N2O5S2. The predicted octanol–water partition coefficient (Wildman–Crippen LogP) is -0.0883. The summed E-state index contributed by atoms with van der Waals surface area (Å²) in [4.78, 5) is 10.9. The molecule has 0 aliphatic carbocycles. The Hall–Kier alpha value is -1.71. The van der Waals surface area contributed by atoms with Gasteiger partial charge in [-0.1, -0.05) is 18.2 Å². The molecule has 7 nitrogen and oxygen atoms in total. The molecule has 0 aromatic heterocycles. The second-order valence-electron chi connectivity index (χ2n) is 4.94. The number of carbonyl (C=O) groups excluding carboxylic acids is 1. The molecule has 1 atom stereocenters. The Kier molecular flexibility index (Phi) is 4.69. The molecule has 0 radical (unpaired) electrons. The number of hydrogen-bond donors (Lipinski definition) is 2. The van der Waals surface area contributed by atoms with Crippen LogP contribution in [0.1, 0.15) is 12.5 Å². The van der Waals surface area contributed by atoms with E-state index in [4.69, 9.17) is 0 Å². The van der Waals surface area contributed by atoms with Gasteiger partial charge >= 0.3 is 0 Å². The molecule has 9 heteroatoms. The molecule has 120 valence electrons. The minimum absolute atomic E-state index is 0.0387. The number of amides is 1. The molecule has 22 heavy (non-hydrogen) atoms. The van der Waals surface area contributed by atoms with Crippen molar-refractivity contribution in [2.75, 3.05) is 5.75 Å². The van der Waals surface area contributed by atoms with Crippen LogP contribution in [0.15, 0.2) is 40.6 Å². The second kappa shape index (κ2) is 6.19. The van der Waals surface area contributed by atoms with Crippen LogP contribution in [0, 0.1) is 0 Å². The summed E-state index contributed by atoms with van der Waals surface area (Å²) in [5.41, 5.74) is 0.762. The minimum atomic E-state index is -3.79. The van der Waals surface area contributed by atoms with Crippen LogP contribution in [0.5, 0.6) is 0 Å². The average Bonchev–Trinajstić information content (AvgIpc) is 2.75. The Morgan fingerprint density at radius 1 is 1.27 bits per heavy atom. The lowest BCUT2D eigenvalue weighted by molar-refractivity contribution is -0.119. The van der Waals surface area contributed by atoms with Gasteiger partial charge in [0.1, 0.15) is 0 Å². The second-order valence-corrected chi connectivity index (χ2v) is 8.58. The van der Waals surface area contributed by atoms with Crippen LogP contribution in [0.4, 0.5) is 0 Å². The van der Waals surface area contributed by atoms with E-state index in [1.165, 1.54) is 25.1 Å². The zero-order chi connectivity index (χ0) is 16.4. The summed E-state index contributed by atoms with van der Waals surface area (Å²) in [5.74, 6) is -0.445. The van der Waals surface area contributed by atoms with Crippen LogP contribution in [0.3, 0.4) is 0 Å². The van der Waals surface area contributed by atoms with E-state index in [1.54, 1.807) is 12.1 Å². The highest BCUT2D eigenvalue weighted by Gasteiger charge is 2.26. The normalized spacial score (nSPS) is 20.0. The van der Waals surface area contributed by atoms with Crippen molar-refractivity contribution < 1.29 is 21.6 Å². The van der Waals surface area contributed by atoms with Crippen LogP contribution in [-0.2, 0) is 31.2 Å². The van der Waals surface area contributed by atoms with E-state index in [0.29, 0.717) is 6.54 Å². The zero-order valence-electron chi connectivity index (χ0n) is 11.8. The van der Waals surface area contributed by atoms with Gasteiger partial charge in [0.25, 0.3) is 0 Å². The van der Waals surface area contributed by atoms with E-state index >= 15 is 0 Å². The van der Waals surface area contributed by atoms with E-state index < -0.39 is 25.9 Å². The van der Waals surface area contributed by atoms with Gasteiger partial charge in [0.05, 0.1) is 16.7 Å². The van der Waals surface area contributed by atoms with Crippen molar-refractivity contribution in [3.63, 3.8) is 0 Å². The Bertz CT molecular complexity index is 795. The number of benzene rings is 1. The first-order chi connectivity index (χ1) is 10.2. The maximum atomic E-state index is 12.2. The summed E-state index contributed by atoms with van der Waals surface area (Å²) in [6.07, 6.45) is 1.32. The van der Waals surface area contributed by atoms with E-state index in [2.05, 4.69) is 10.0 Å². The minimum Gasteiger partial charge on any atom is -0.352 e. The maximum absolute atomic E-state index is 12.2. The highest BCUT2D eigenvalue weighted by Crippen LogP contribution is 2.14. The quantitative estimate of drug-likeness (QED) is 0.776. The number of nitrogens with one attached hydrogen (secondary N) is 2. The molecule has 1 amide bonds. The van der Waals surface area contributed by atoms with Gasteiger partial charge in [0.2, 0.25) is 15.9 Å². The van der Waals surface area contributed by atoms with Gasteiger partial charge in [-0.2, -0.15) is 0 Å². The zero-order valence-corrected chi connectivity index (χ0v) is 13.4. The van der Waals surface area contributed by atoms with Crippen LogP contribution < -0.4 is 10.0 Å². The Labute approximate surface area is 129 Å². The number of hydrogen-bond acceptors (Lipinski definition) is 5. The van der Waals surface area contributed by atoms with Gasteiger partial charge in [-0.15, -0.1) is 0 Å². The predicted molar refractivity (Wildman–Crippen MR) is 81.0 cm³/mol. The fraction of sp³-hybridized carbons (Fsp3) is 0.308. The lowest BCUT2D eigenvalue weighted by Crippen LogP contribution is -2.35. The molecule has 1 aliphatic rings. The van der Waals surface area contributed by atoms with Crippen molar-refractivity contribution in [2.24, 2.45) is 0 Å². The molecule has 1 aromatic carbocycles. The fourth-order valence-corrected chi connectivity index (χ4v) is 4.46. The average molecular weight is 344 g/mol. The molecule has 2 N–H and O–H groups in total. The Balaban J connectivity index is 2.07. The van der Waals surface area contributed by atoms with Crippen molar-refractivity contribution in [1.82, 2.24) is 10.0 Å². The summed E-state index contributed by atoms with van der Waals surface area (Å²) in [5, 5.41) is 3.62. The molecule has 0 saturated carbocycles. The topological polar surface area (TPSA) is 109 Å². The van der Waals surface area contributed by atoms with Gasteiger partial charge in [-0.05, 0) is 17.7 Å². The van der Waals surface area contributed by atoms with E-state index in [0.717, 1.165) is 11.0 Å². The number of carbonyl (C=O) groups is 1. The highest BCUT2D eigenvalue weighted by atomic mass is 32.2.